The minimum absolute atomic E-state index is 0.481. The van der Waals surface area contributed by atoms with E-state index in [0.29, 0.717) is 0 Å². The second-order valence-electron chi connectivity index (χ2n) is 1.53. The van der Waals surface area contributed by atoms with Gasteiger partial charge in [-0.1, -0.05) is 0 Å². The first-order chi connectivity index (χ1) is 3.29. The number of nitrogens with one attached hydrogen (secondary N) is 1. The molecule has 1 aliphatic rings. The molecule has 0 bridgehead atoms. The highest BCUT2D eigenvalue weighted by Crippen LogP contribution is 1.92. The minimum Gasteiger partial charge on any atom is -0.373 e. The number of aliphatic hydroxyl groups excluding tert-OH is 1. The molecule has 3 nitrogen and oxygen atoms in total. The van der Waals surface area contributed by atoms with Crippen LogP contribution in [0.1, 0.15) is 0 Å². The smallest absolute Gasteiger partial charge is 0.142 e. The Hall–Kier alpha value is -0.540. The first-order valence-electron chi connectivity index (χ1n) is 2.14. The van der Waals surface area contributed by atoms with Gasteiger partial charge in [-0.15, -0.1) is 0 Å². The summed E-state index contributed by atoms with van der Waals surface area (Å²) in [5, 5.41) is 10.4. The van der Waals surface area contributed by atoms with Gasteiger partial charge < -0.3 is 10.1 Å². The Balaban J connectivity index is 2.42. The zero-order chi connectivity index (χ0) is 5.28. The van der Waals surface area contributed by atoms with Gasteiger partial charge in [-0.2, -0.15) is 0 Å². The molecule has 0 aliphatic carbocycles. The standard InChI is InChI=1S/C4H8N2O/c1-6-3-2-4(7)5-6/h2-5,7H,1H3. The lowest BCUT2D eigenvalue weighted by Crippen LogP contribution is -2.31. The van der Waals surface area contributed by atoms with Crippen LogP contribution in [0.15, 0.2) is 12.3 Å². The molecule has 3 heteroatoms. The van der Waals surface area contributed by atoms with Crippen LogP contribution in [-0.4, -0.2) is 23.4 Å². The Labute approximate surface area is 42.2 Å². The monoisotopic (exact) mass is 100 g/mol. The third-order valence-corrected chi connectivity index (χ3v) is 0.828. The molecular weight excluding hydrogens is 92.1 g/mol. The largest absolute Gasteiger partial charge is 0.373 e. The molecule has 2 N–H and O–H groups in total. The Kier molecular flexibility index (Phi) is 1.00. The lowest BCUT2D eigenvalue weighted by atomic mass is 10.6. The van der Waals surface area contributed by atoms with Crippen molar-refractivity contribution in [2.75, 3.05) is 7.05 Å². The number of hydrogen-bond donors (Lipinski definition) is 2. The molecule has 40 valence electrons. The van der Waals surface area contributed by atoms with Gasteiger partial charge in [-0.3, -0.25) is 0 Å². The van der Waals surface area contributed by atoms with E-state index in [4.69, 9.17) is 5.11 Å². The van der Waals surface area contributed by atoms with E-state index in [-0.39, 0.29) is 0 Å². The normalized spacial score (nSPS) is 29.4. The summed E-state index contributed by atoms with van der Waals surface area (Å²) >= 11 is 0. The number of hydrazine groups is 1. The summed E-state index contributed by atoms with van der Waals surface area (Å²) in [5.74, 6) is 0. The molecule has 0 fully saturated rings. The molecule has 7 heavy (non-hydrogen) atoms. The van der Waals surface area contributed by atoms with Gasteiger partial charge in [0, 0.05) is 13.2 Å². The van der Waals surface area contributed by atoms with E-state index in [2.05, 4.69) is 5.43 Å². The summed E-state index contributed by atoms with van der Waals surface area (Å²) < 4.78 is 0. The molecule has 0 aromatic rings. The van der Waals surface area contributed by atoms with E-state index in [1.807, 2.05) is 7.05 Å². The first kappa shape index (κ1) is 4.61. The van der Waals surface area contributed by atoms with Crippen LogP contribution in [0, 0.1) is 0 Å². The van der Waals surface area contributed by atoms with Crippen molar-refractivity contribution < 1.29 is 5.11 Å². The van der Waals surface area contributed by atoms with Crippen molar-refractivity contribution in [3.05, 3.63) is 12.3 Å². The van der Waals surface area contributed by atoms with Crippen molar-refractivity contribution in [2.24, 2.45) is 0 Å². The molecule has 0 saturated carbocycles. The quantitative estimate of drug-likeness (QED) is 0.421. The van der Waals surface area contributed by atoms with E-state index >= 15 is 0 Å². The molecule has 0 amide bonds. The molecule has 0 saturated heterocycles. The lowest BCUT2D eigenvalue weighted by Gasteiger charge is -2.08. The highest BCUT2D eigenvalue weighted by molar-refractivity contribution is 4.90. The van der Waals surface area contributed by atoms with Crippen LogP contribution in [0.4, 0.5) is 0 Å². The predicted molar refractivity (Wildman–Crippen MR) is 26.0 cm³/mol. The van der Waals surface area contributed by atoms with E-state index in [9.17, 15) is 0 Å². The van der Waals surface area contributed by atoms with Crippen molar-refractivity contribution >= 4 is 0 Å². The Bertz CT molecular complexity index is 81.7. The summed E-state index contributed by atoms with van der Waals surface area (Å²) in [6.45, 7) is 0. The highest BCUT2D eigenvalue weighted by Gasteiger charge is 2.04. The van der Waals surface area contributed by atoms with Crippen LogP contribution in [0.5, 0.6) is 0 Å². The van der Waals surface area contributed by atoms with E-state index in [1.54, 1.807) is 17.3 Å². The maximum Gasteiger partial charge on any atom is 0.142 e. The van der Waals surface area contributed by atoms with Gasteiger partial charge in [0.1, 0.15) is 6.23 Å². The van der Waals surface area contributed by atoms with Crippen LogP contribution in [-0.2, 0) is 0 Å². The molecule has 1 rings (SSSR count). The van der Waals surface area contributed by atoms with Crippen molar-refractivity contribution in [3.63, 3.8) is 0 Å². The molecule has 1 heterocycles. The summed E-state index contributed by atoms with van der Waals surface area (Å²) in [5.41, 5.74) is 2.69. The predicted octanol–water partition coefficient (Wildman–Crippen LogP) is -0.732. The molecule has 0 spiro atoms. The SMILES string of the molecule is CN1C=CC(O)N1. The van der Waals surface area contributed by atoms with Gasteiger partial charge >= 0.3 is 0 Å². The second-order valence-corrected chi connectivity index (χ2v) is 1.53. The summed E-state index contributed by atoms with van der Waals surface area (Å²) in [4.78, 5) is 0. The fraction of sp³-hybridized carbons (Fsp3) is 0.500. The minimum atomic E-state index is -0.481. The van der Waals surface area contributed by atoms with Gasteiger partial charge in [-0.05, 0) is 6.08 Å². The summed E-state index contributed by atoms with van der Waals surface area (Å²) in [6.07, 6.45) is 2.95. The lowest BCUT2D eigenvalue weighted by molar-refractivity contribution is 0.135. The molecule has 0 aromatic heterocycles. The number of rotatable bonds is 0. The van der Waals surface area contributed by atoms with Crippen molar-refractivity contribution in [1.29, 1.82) is 0 Å². The van der Waals surface area contributed by atoms with Gasteiger partial charge in [0.2, 0.25) is 0 Å². The van der Waals surface area contributed by atoms with Crippen molar-refractivity contribution in [3.8, 4) is 0 Å². The van der Waals surface area contributed by atoms with E-state index < -0.39 is 6.23 Å². The maximum absolute atomic E-state index is 8.66. The third-order valence-electron chi connectivity index (χ3n) is 0.828. The van der Waals surface area contributed by atoms with E-state index in [0.717, 1.165) is 0 Å². The first-order valence-corrected chi connectivity index (χ1v) is 2.14. The second kappa shape index (κ2) is 1.52. The summed E-state index contributed by atoms with van der Waals surface area (Å²) in [6, 6.07) is 0. The van der Waals surface area contributed by atoms with Crippen LogP contribution in [0.3, 0.4) is 0 Å². The Morgan fingerprint density at radius 3 is 2.71 bits per heavy atom. The van der Waals surface area contributed by atoms with Crippen molar-refractivity contribution in [1.82, 2.24) is 10.4 Å². The molecular formula is C4H8N2O. The molecule has 0 radical (unpaired) electrons. The number of aliphatic hydroxyl groups is 1. The molecule has 0 aromatic carbocycles. The van der Waals surface area contributed by atoms with Crippen LogP contribution in [0.2, 0.25) is 0 Å². The number of hydrogen-bond acceptors (Lipinski definition) is 3. The fourth-order valence-corrected chi connectivity index (χ4v) is 0.505. The van der Waals surface area contributed by atoms with Gasteiger partial charge in [-0.25, -0.2) is 5.43 Å². The third kappa shape index (κ3) is 0.913. The van der Waals surface area contributed by atoms with Crippen LogP contribution >= 0.6 is 0 Å². The van der Waals surface area contributed by atoms with E-state index in [1.165, 1.54) is 0 Å². The van der Waals surface area contributed by atoms with Gasteiger partial charge in [0.25, 0.3) is 0 Å². The average Bonchev–Trinajstić information content (AvgIpc) is 1.87. The highest BCUT2D eigenvalue weighted by atomic mass is 16.3. The van der Waals surface area contributed by atoms with Crippen LogP contribution < -0.4 is 5.43 Å². The van der Waals surface area contributed by atoms with Crippen LogP contribution in [0.25, 0.3) is 0 Å². The zero-order valence-electron chi connectivity index (χ0n) is 4.13. The molecule has 1 atom stereocenters. The zero-order valence-corrected chi connectivity index (χ0v) is 4.13. The molecule has 1 unspecified atom stereocenters. The van der Waals surface area contributed by atoms with Gasteiger partial charge in [0.05, 0.1) is 0 Å². The maximum atomic E-state index is 8.66. The molecule has 1 aliphatic heterocycles. The summed E-state index contributed by atoms with van der Waals surface area (Å²) in [7, 11) is 1.83. The Morgan fingerprint density at radius 1 is 1.86 bits per heavy atom. The Morgan fingerprint density at radius 2 is 2.57 bits per heavy atom. The topological polar surface area (TPSA) is 35.5 Å². The average molecular weight is 100 g/mol. The van der Waals surface area contributed by atoms with Gasteiger partial charge in [0.15, 0.2) is 0 Å². The van der Waals surface area contributed by atoms with Crippen molar-refractivity contribution in [2.45, 2.75) is 6.23 Å². The number of nitrogens with zero attached hydrogens (tertiary/aromatic N) is 1. The fourth-order valence-electron chi connectivity index (χ4n) is 0.505.